The smallest absolute Gasteiger partial charge is 0.227 e. The summed E-state index contributed by atoms with van der Waals surface area (Å²) in [5.74, 6) is 0.160. The van der Waals surface area contributed by atoms with Crippen LogP contribution in [0.15, 0.2) is 36.7 Å². The van der Waals surface area contributed by atoms with E-state index in [9.17, 15) is 4.79 Å². The van der Waals surface area contributed by atoms with Crippen molar-refractivity contribution in [1.82, 2.24) is 20.0 Å². The normalized spacial score (nSPS) is 22.1. The zero-order valence-corrected chi connectivity index (χ0v) is 15.0. The molecule has 2 heterocycles. The zero-order chi connectivity index (χ0) is 17.4. The first-order valence-corrected chi connectivity index (χ1v) is 9.12. The number of carbonyl (C=O) groups is 1. The van der Waals surface area contributed by atoms with E-state index < -0.39 is 0 Å². The lowest BCUT2D eigenvalue weighted by Gasteiger charge is -2.40. The van der Waals surface area contributed by atoms with Crippen LogP contribution in [0.25, 0.3) is 0 Å². The van der Waals surface area contributed by atoms with E-state index in [-0.39, 0.29) is 17.2 Å². The van der Waals surface area contributed by atoms with Gasteiger partial charge in [0.2, 0.25) is 5.91 Å². The van der Waals surface area contributed by atoms with Gasteiger partial charge in [-0.3, -0.25) is 14.4 Å². The summed E-state index contributed by atoms with van der Waals surface area (Å²) < 4.78 is 1.86. The van der Waals surface area contributed by atoms with Crippen LogP contribution in [0.1, 0.15) is 41.9 Å². The summed E-state index contributed by atoms with van der Waals surface area (Å²) in [6, 6.07) is 8.57. The highest BCUT2D eigenvalue weighted by Crippen LogP contribution is 2.51. The highest BCUT2D eigenvalue weighted by molar-refractivity contribution is 5.85. The molecule has 2 aliphatic rings. The molecule has 1 fully saturated rings. The summed E-state index contributed by atoms with van der Waals surface area (Å²) in [5.41, 5.74) is 4.08. The first-order chi connectivity index (χ1) is 12.1. The van der Waals surface area contributed by atoms with Crippen LogP contribution in [0.3, 0.4) is 0 Å². The summed E-state index contributed by atoms with van der Waals surface area (Å²) in [4.78, 5) is 14.9. The molecule has 5 heteroatoms. The van der Waals surface area contributed by atoms with E-state index >= 15 is 0 Å². The summed E-state index contributed by atoms with van der Waals surface area (Å²) in [6.07, 6.45) is 7.25. The van der Waals surface area contributed by atoms with E-state index in [4.69, 9.17) is 0 Å². The first-order valence-electron chi connectivity index (χ1n) is 9.12. The number of aryl methyl sites for hydroxylation is 1. The standard InChI is InChI=1S/C20H26N4O/c1-21-19(25)17-11-20(18-6-4-3-5-16(17)18)7-9-24(10-8-20)14-15-12-22-23(2)13-15/h3-6,12-13,17H,7-11,14H2,1-2H3,(H,21,25)/t17-/m0/s1. The van der Waals surface area contributed by atoms with Crippen molar-refractivity contribution in [3.8, 4) is 0 Å². The maximum absolute atomic E-state index is 12.4. The number of benzene rings is 1. The van der Waals surface area contributed by atoms with Crippen molar-refractivity contribution in [3.63, 3.8) is 0 Å². The van der Waals surface area contributed by atoms with Crippen LogP contribution in [0.5, 0.6) is 0 Å². The van der Waals surface area contributed by atoms with Gasteiger partial charge in [0, 0.05) is 32.4 Å². The number of rotatable bonds is 3. The summed E-state index contributed by atoms with van der Waals surface area (Å²) >= 11 is 0. The number of piperidine rings is 1. The molecule has 1 aromatic carbocycles. The van der Waals surface area contributed by atoms with Crippen molar-refractivity contribution in [1.29, 1.82) is 0 Å². The lowest BCUT2D eigenvalue weighted by molar-refractivity contribution is -0.122. The molecule has 1 saturated heterocycles. The van der Waals surface area contributed by atoms with Gasteiger partial charge in [-0.1, -0.05) is 24.3 Å². The molecule has 0 unspecified atom stereocenters. The molecule has 132 valence electrons. The van der Waals surface area contributed by atoms with Gasteiger partial charge in [0.25, 0.3) is 0 Å². The van der Waals surface area contributed by atoms with Crippen molar-refractivity contribution in [2.75, 3.05) is 20.1 Å². The molecule has 0 radical (unpaired) electrons. The quantitative estimate of drug-likeness (QED) is 0.933. The number of carbonyl (C=O) groups excluding carboxylic acids is 1. The van der Waals surface area contributed by atoms with Crippen molar-refractivity contribution in [2.45, 2.75) is 37.1 Å². The van der Waals surface area contributed by atoms with Crippen LogP contribution in [0.2, 0.25) is 0 Å². The van der Waals surface area contributed by atoms with E-state index in [1.54, 1.807) is 7.05 Å². The number of likely N-dealkylation sites (tertiary alicyclic amines) is 1. The Kier molecular flexibility index (Phi) is 4.12. The molecule has 0 saturated carbocycles. The van der Waals surface area contributed by atoms with E-state index in [1.807, 2.05) is 17.9 Å². The first kappa shape index (κ1) is 16.3. The summed E-state index contributed by atoms with van der Waals surface area (Å²) in [7, 11) is 3.70. The maximum atomic E-state index is 12.4. The zero-order valence-electron chi connectivity index (χ0n) is 15.0. The van der Waals surface area contributed by atoms with Crippen LogP contribution in [0.4, 0.5) is 0 Å². The third-order valence-corrected chi connectivity index (χ3v) is 6.04. The Hall–Kier alpha value is -2.14. The van der Waals surface area contributed by atoms with Gasteiger partial charge < -0.3 is 5.32 Å². The van der Waals surface area contributed by atoms with Crippen molar-refractivity contribution in [3.05, 3.63) is 53.3 Å². The van der Waals surface area contributed by atoms with E-state index in [0.717, 1.165) is 38.9 Å². The second-order valence-electron chi connectivity index (χ2n) is 7.54. The van der Waals surface area contributed by atoms with E-state index in [2.05, 4.69) is 45.8 Å². The number of hydrogen-bond donors (Lipinski definition) is 1. The Morgan fingerprint density at radius 3 is 2.76 bits per heavy atom. The number of fused-ring (bicyclic) bond motifs is 2. The molecule has 1 spiro atoms. The molecule has 1 aliphatic heterocycles. The highest BCUT2D eigenvalue weighted by Gasteiger charge is 2.47. The fourth-order valence-corrected chi connectivity index (χ4v) is 4.73. The minimum atomic E-state index is 0.00562. The lowest BCUT2D eigenvalue weighted by atomic mass is 9.73. The minimum absolute atomic E-state index is 0.00562. The third kappa shape index (κ3) is 2.86. The lowest BCUT2D eigenvalue weighted by Crippen LogP contribution is -2.41. The SMILES string of the molecule is CNC(=O)[C@H]1CC2(CCN(Cc3cnn(C)c3)CC2)c2ccccc21. The summed E-state index contributed by atoms with van der Waals surface area (Å²) in [5, 5.41) is 7.12. The van der Waals surface area contributed by atoms with Gasteiger partial charge in [0.1, 0.15) is 0 Å². The molecular weight excluding hydrogens is 312 g/mol. The van der Waals surface area contributed by atoms with Gasteiger partial charge in [-0.05, 0) is 48.9 Å². The van der Waals surface area contributed by atoms with Gasteiger partial charge in [-0.2, -0.15) is 5.10 Å². The molecule has 1 amide bonds. The van der Waals surface area contributed by atoms with Crippen molar-refractivity contribution in [2.24, 2.45) is 7.05 Å². The topological polar surface area (TPSA) is 50.2 Å². The molecule has 1 aromatic heterocycles. The largest absolute Gasteiger partial charge is 0.359 e. The molecule has 0 bridgehead atoms. The number of amides is 1. The molecule has 1 aliphatic carbocycles. The van der Waals surface area contributed by atoms with Crippen LogP contribution in [0, 0.1) is 0 Å². The highest BCUT2D eigenvalue weighted by atomic mass is 16.1. The number of likely N-dealkylation sites (N-methyl/N-ethyl adjacent to an activating group) is 1. The minimum Gasteiger partial charge on any atom is -0.359 e. The predicted molar refractivity (Wildman–Crippen MR) is 97.3 cm³/mol. The molecule has 4 rings (SSSR count). The Morgan fingerprint density at radius 1 is 1.32 bits per heavy atom. The number of nitrogens with one attached hydrogen (secondary N) is 1. The van der Waals surface area contributed by atoms with E-state index in [1.165, 1.54) is 16.7 Å². The molecular formula is C20H26N4O. The summed E-state index contributed by atoms with van der Waals surface area (Å²) in [6.45, 7) is 3.11. The predicted octanol–water partition coefficient (Wildman–Crippen LogP) is 2.19. The monoisotopic (exact) mass is 338 g/mol. The fraction of sp³-hybridized carbons (Fsp3) is 0.500. The molecule has 25 heavy (non-hydrogen) atoms. The van der Waals surface area contributed by atoms with Gasteiger partial charge in [-0.15, -0.1) is 0 Å². The Labute approximate surface area is 149 Å². The van der Waals surface area contributed by atoms with Gasteiger partial charge in [-0.25, -0.2) is 0 Å². The Balaban J connectivity index is 1.51. The van der Waals surface area contributed by atoms with Crippen LogP contribution < -0.4 is 5.32 Å². The van der Waals surface area contributed by atoms with Crippen LogP contribution in [-0.2, 0) is 23.8 Å². The molecule has 5 nitrogen and oxygen atoms in total. The van der Waals surface area contributed by atoms with Gasteiger partial charge in [0.05, 0.1) is 12.1 Å². The van der Waals surface area contributed by atoms with Gasteiger partial charge in [0.15, 0.2) is 0 Å². The Bertz CT molecular complexity index is 774. The third-order valence-electron chi connectivity index (χ3n) is 6.04. The number of nitrogens with zero attached hydrogens (tertiary/aromatic N) is 3. The number of aromatic nitrogens is 2. The molecule has 1 atom stereocenters. The molecule has 2 aromatic rings. The van der Waals surface area contributed by atoms with Crippen molar-refractivity contribution >= 4 is 5.91 Å². The fourth-order valence-electron chi connectivity index (χ4n) is 4.73. The van der Waals surface area contributed by atoms with Gasteiger partial charge >= 0.3 is 0 Å². The molecule has 1 N–H and O–H groups in total. The second kappa shape index (κ2) is 6.30. The average molecular weight is 338 g/mol. The van der Waals surface area contributed by atoms with Crippen molar-refractivity contribution < 1.29 is 4.79 Å². The average Bonchev–Trinajstić information content (AvgIpc) is 3.19. The van der Waals surface area contributed by atoms with Crippen LogP contribution >= 0.6 is 0 Å². The van der Waals surface area contributed by atoms with Crippen LogP contribution in [-0.4, -0.2) is 40.7 Å². The number of hydrogen-bond acceptors (Lipinski definition) is 3. The maximum Gasteiger partial charge on any atom is 0.227 e. The van der Waals surface area contributed by atoms with E-state index in [0.29, 0.717) is 0 Å². The Morgan fingerprint density at radius 2 is 2.08 bits per heavy atom. The second-order valence-corrected chi connectivity index (χ2v) is 7.54.